The van der Waals surface area contributed by atoms with Crippen molar-refractivity contribution in [3.05, 3.63) is 95.6 Å². The van der Waals surface area contributed by atoms with Gasteiger partial charge in [-0.2, -0.15) is 0 Å². The molecule has 3 aromatic carbocycles. The third-order valence-electron chi connectivity index (χ3n) is 6.80. The fourth-order valence-corrected chi connectivity index (χ4v) is 4.74. The maximum atomic E-state index is 13.9. The maximum absolute atomic E-state index is 13.9. The van der Waals surface area contributed by atoms with Crippen molar-refractivity contribution in [2.24, 2.45) is 0 Å². The lowest BCUT2D eigenvalue weighted by Crippen LogP contribution is -2.52. The van der Waals surface area contributed by atoms with E-state index in [0.717, 1.165) is 36.1 Å². The molecule has 0 aromatic heterocycles. The highest BCUT2D eigenvalue weighted by Crippen LogP contribution is 2.28. The molecule has 0 aliphatic carbocycles. The topological polar surface area (TPSA) is 77.1 Å². The molecule has 1 aliphatic heterocycles. The van der Waals surface area contributed by atoms with Crippen LogP contribution in [0.2, 0.25) is 0 Å². The van der Waals surface area contributed by atoms with Gasteiger partial charge in [-0.05, 0) is 41.7 Å². The number of benzene rings is 3. The Morgan fingerprint density at radius 3 is 2.24 bits per heavy atom. The van der Waals surface area contributed by atoms with Crippen molar-refractivity contribution in [2.45, 2.75) is 44.4 Å². The lowest BCUT2D eigenvalue weighted by molar-refractivity contribution is -0.141. The highest BCUT2D eigenvalue weighted by atomic mass is 16.5. The van der Waals surface area contributed by atoms with Crippen LogP contribution in [0, 0.1) is 0 Å². The van der Waals surface area contributed by atoms with Gasteiger partial charge in [-0.1, -0.05) is 66.7 Å². The van der Waals surface area contributed by atoms with E-state index in [1.165, 1.54) is 0 Å². The summed E-state index contributed by atoms with van der Waals surface area (Å²) in [7, 11) is 3.15. The fraction of sp³-hybridized carbons (Fsp3) is 0.355. The highest BCUT2D eigenvalue weighted by molar-refractivity contribution is 5.89. The van der Waals surface area contributed by atoms with E-state index in [0.29, 0.717) is 31.0 Å². The van der Waals surface area contributed by atoms with E-state index in [4.69, 9.17) is 14.2 Å². The highest BCUT2D eigenvalue weighted by Gasteiger charge is 2.31. The predicted molar refractivity (Wildman–Crippen MR) is 146 cm³/mol. The van der Waals surface area contributed by atoms with Gasteiger partial charge in [0.25, 0.3) is 0 Å². The second-order valence-corrected chi connectivity index (χ2v) is 9.46. The summed E-state index contributed by atoms with van der Waals surface area (Å²) in [6.45, 7) is 1.48. The van der Waals surface area contributed by atoms with Crippen LogP contribution in [0.15, 0.2) is 78.9 Å². The first kappa shape index (κ1) is 27.2. The van der Waals surface area contributed by atoms with Crippen LogP contribution < -0.4 is 14.8 Å². The monoisotopic (exact) mass is 516 g/mol. The van der Waals surface area contributed by atoms with E-state index in [2.05, 4.69) is 5.32 Å². The molecule has 1 aliphatic rings. The second-order valence-electron chi connectivity index (χ2n) is 9.46. The summed E-state index contributed by atoms with van der Waals surface area (Å²) < 4.78 is 16.5. The van der Waals surface area contributed by atoms with E-state index < -0.39 is 6.04 Å². The van der Waals surface area contributed by atoms with Crippen molar-refractivity contribution >= 4 is 11.8 Å². The van der Waals surface area contributed by atoms with Gasteiger partial charge in [-0.15, -0.1) is 0 Å². The van der Waals surface area contributed by atoms with E-state index in [-0.39, 0.29) is 24.3 Å². The van der Waals surface area contributed by atoms with Gasteiger partial charge in [0.2, 0.25) is 11.8 Å². The lowest BCUT2D eigenvalue weighted by Gasteiger charge is -2.32. The Hall–Kier alpha value is -3.84. The number of ether oxygens (including phenoxy) is 3. The zero-order valence-corrected chi connectivity index (χ0v) is 22.1. The molecule has 0 spiro atoms. The van der Waals surface area contributed by atoms with Crippen LogP contribution in [0.4, 0.5) is 0 Å². The average Bonchev–Trinajstić information content (AvgIpc) is 3.48. The minimum Gasteiger partial charge on any atom is -0.493 e. The molecule has 0 unspecified atom stereocenters. The molecule has 3 aromatic rings. The van der Waals surface area contributed by atoms with Crippen molar-refractivity contribution in [1.29, 1.82) is 0 Å². The Morgan fingerprint density at radius 2 is 1.61 bits per heavy atom. The van der Waals surface area contributed by atoms with Crippen LogP contribution in [0.25, 0.3) is 0 Å². The van der Waals surface area contributed by atoms with Crippen molar-refractivity contribution in [3.63, 3.8) is 0 Å². The van der Waals surface area contributed by atoms with Gasteiger partial charge in [0.15, 0.2) is 11.5 Å². The van der Waals surface area contributed by atoms with Gasteiger partial charge >= 0.3 is 0 Å². The third kappa shape index (κ3) is 7.35. The minimum absolute atomic E-state index is 0.0152. The molecule has 7 heteroatoms. The fourth-order valence-electron chi connectivity index (χ4n) is 4.74. The van der Waals surface area contributed by atoms with Gasteiger partial charge in [0.05, 0.1) is 26.7 Å². The summed E-state index contributed by atoms with van der Waals surface area (Å²) in [6, 6.07) is 24.3. The molecule has 1 heterocycles. The zero-order chi connectivity index (χ0) is 26.7. The van der Waals surface area contributed by atoms with Crippen LogP contribution in [0.1, 0.15) is 29.5 Å². The van der Waals surface area contributed by atoms with Crippen LogP contribution in [-0.4, -0.2) is 56.2 Å². The van der Waals surface area contributed by atoms with Gasteiger partial charge in [0, 0.05) is 26.1 Å². The number of hydrogen-bond acceptors (Lipinski definition) is 5. The van der Waals surface area contributed by atoms with Gasteiger partial charge in [-0.25, -0.2) is 0 Å². The van der Waals surface area contributed by atoms with E-state index in [1.54, 1.807) is 31.3 Å². The Balaban J connectivity index is 1.62. The Labute approximate surface area is 224 Å². The number of carbonyl (C=O) groups excluding carboxylic acids is 2. The Kier molecular flexibility index (Phi) is 9.76. The second kappa shape index (κ2) is 13.6. The molecule has 1 fully saturated rings. The zero-order valence-electron chi connectivity index (χ0n) is 22.1. The number of nitrogens with one attached hydrogen (secondary N) is 1. The summed E-state index contributed by atoms with van der Waals surface area (Å²) in [5.74, 6) is 0.832. The van der Waals surface area contributed by atoms with Gasteiger partial charge in [-0.3, -0.25) is 9.59 Å². The van der Waals surface area contributed by atoms with Crippen LogP contribution >= 0.6 is 0 Å². The lowest BCUT2D eigenvalue weighted by atomic mass is 10.0. The summed E-state index contributed by atoms with van der Waals surface area (Å²) >= 11 is 0. The van der Waals surface area contributed by atoms with Gasteiger partial charge < -0.3 is 24.4 Å². The summed E-state index contributed by atoms with van der Waals surface area (Å²) in [6.07, 6.45) is 2.47. The largest absolute Gasteiger partial charge is 0.493 e. The molecule has 200 valence electrons. The number of hydrogen-bond donors (Lipinski definition) is 1. The van der Waals surface area contributed by atoms with Crippen LogP contribution in [0.5, 0.6) is 11.5 Å². The molecule has 0 bridgehead atoms. The van der Waals surface area contributed by atoms with Crippen molar-refractivity contribution in [2.75, 3.05) is 27.4 Å². The maximum Gasteiger partial charge on any atom is 0.243 e. The first-order valence-corrected chi connectivity index (χ1v) is 13.0. The van der Waals surface area contributed by atoms with E-state index in [1.807, 2.05) is 66.7 Å². The molecule has 2 atom stereocenters. The molecular formula is C31H36N2O5. The number of rotatable bonds is 12. The van der Waals surface area contributed by atoms with Crippen molar-refractivity contribution < 1.29 is 23.8 Å². The predicted octanol–water partition coefficient (Wildman–Crippen LogP) is 4.18. The number of carbonyl (C=O) groups is 2. The first-order valence-electron chi connectivity index (χ1n) is 13.0. The summed E-state index contributed by atoms with van der Waals surface area (Å²) in [5.41, 5.74) is 2.73. The standard InChI is InChI=1S/C31H36N2O5/c1-36-28-16-15-25(19-29(28)37-2)20-30(34)33(22-24-12-7-4-8-13-24)27(18-23-10-5-3-6-11-23)31(35)32-21-26-14-9-17-38-26/h3-8,10-13,15-16,19,26-27H,9,14,17-18,20-22H2,1-2H3,(H,32,35)/t26-,27-/m0/s1. The average molecular weight is 517 g/mol. The van der Waals surface area contributed by atoms with E-state index in [9.17, 15) is 9.59 Å². The quantitative estimate of drug-likeness (QED) is 0.391. The van der Waals surface area contributed by atoms with Crippen molar-refractivity contribution in [3.8, 4) is 11.5 Å². The number of methoxy groups -OCH3 is 2. The molecular weight excluding hydrogens is 480 g/mol. The van der Waals surface area contributed by atoms with E-state index >= 15 is 0 Å². The van der Waals surface area contributed by atoms with Crippen LogP contribution in [-0.2, 0) is 33.7 Å². The molecule has 1 N–H and O–H groups in total. The number of nitrogens with zero attached hydrogens (tertiary/aromatic N) is 1. The van der Waals surface area contributed by atoms with Crippen molar-refractivity contribution in [1.82, 2.24) is 10.2 Å². The first-order chi connectivity index (χ1) is 18.6. The molecule has 7 nitrogen and oxygen atoms in total. The smallest absolute Gasteiger partial charge is 0.243 e. The minimum atomic E-state index is -0.688. The Morgan fingerprint density at radius 1 is 0.921 bits per heavy atom. The van der Waals surface area contributed by atoms with Gasteiger partial charge in [0.1, 0.15) is 6.04 Å². The molecule has 0 radical (unpaired) electrons. The molecule has 1 saturated heterocycles. The molecule has 2 amide bonds. The SMILES string of the molecule is COc1ccc(CC(=O)N(Cc2ccccc2)[C@@H](Cc2ccccc2)C(=O)NC[C@@H]2CCCO2)cc1OC. The molecule has 38 heavy (non-hydrogen) atoms. The number of amides is 2. The Bertz CT molecular complexity index is 1180. The summed E-state index contributed by atoms with van der Waals surface area (Å²) in [4.78, 5) is 29.3. The third-order valence-corrected chi connectivity index (χ3v) is 6.80. The van der Waals surface area contributed by atoms with Crippen LogP contribution in [0.3, 0.4) is 0 Å². The molecule has 4 rings (SSSR count). The summed E-state index contributed by atoms with van der Waals surface area (Å²) in [5, 5.41) is 3.07. The normalized spacial score (nSPS) is 15.5. The molecule has 0 saturated carbocycles.